The van der Waals surface area contributed by atoms with Crippen LogP contribution in [0.15, 0.2) is 34.8 Å². The van der Waals surface area contributed by atoms with Crippen LogP contribution < -0.4 is 5.32 Å². The van der Waals surface area contributed by atoms with Gasteiger partial charge in [-0.2, -0.15) is 0 Å². The maximum Gasteiger partial charge on any atom is 0.137 e. The predicted octanol–water partition coefficient (Wildman–Crippen LogP) is 4.72. The zero-order chi connectivity index (χ0) is 13.8. The van der Waals surface area contributed by atoms with Gasteiger partial charge >= 0.3 is 0 Å². The summed E-state index contributed by atoms with van der Waals surface area (Å²) in [7, 11) is 1.92. The van der Waals surface area contributed by atoms with Gasteiger partial charge in [0.15, 0.2) is 0 Å². The molecule has 4 heteroatoms. The van der Waals surface area contributed by atoms with Crippen molar-refractivity contribution in [2.45, 2.75) is 25.8 Å². The zero-order valence-corrected chi connectivity index (χ0v) is 13.4. The number of halogens is 2. The minimum Gasteiger partial charge on any atom is -0.313 e. The third kappa shape index (κ3) is 3.65. The Hall–Kier alpha value is -0.710. The van der Waals surface area contributed by atoms with Crippen LogP contribution in [0.25, 0.3) is 0 Å². The minimum atomic E-state index is -0.210. The van der Waals surface area contributed by atoms with Crippen molar-refractivity contribution in [1.82, 2.24) is 5.32 Å². The van der Waals surface area contributed by atoms with Crippen LogP contribution in [0.5, 0.6) is 0 Å². The van der Waals surface area contributed by atoms with Gasteiger partial charge in [0.1, 0.15) is 5.82 Å². The van der Waals surface area contributed by atoms with Crippen molar-refractivity contribution in [3.05, 3.63) is 55.9 Å². The summed E-state index contributed by atoms with van der Waals surface area (Å²) in [4.78, 5) is 2.73. The van der Waals surface area contributed by atoms with Crippen LogP contribution in [0.2, 0.25) is 0 Å². The highest BCUT2D eigenvalue weighted by Crippen LogP contribution is 2.26. The average Bonchev–Trinajstić information content (AvgIpc) is 2.87. The van der Waals surface area contributed by atoms with E-state index in [1.54, 1.807) is 12.1 Å². The van der Waals surface area contributed by atoms with Crippen molar-refractivity contribution in [2.75, 3.05) is 7.05 Å². The molecular weight excluding hydrogens is 325 g/mol. The highest BCUT2D eigenvalue weighted by Gasteiger charge is 2.13. The molecule has 1 N–H and O–H groups in total. The van der Waals surface area contributed by atoms with Gasteiger partial charge in [0.2, 0.25) is 0 Å². The third-order valence-corrected chi connectivity index (χ3v) is 5.06. The lowest BCUT2D eigenvalue weighted by Gasteiger charge is -2.16. The molecule has 1 nitrogen and oxygen atoms in total. The summed E-state index contributed by atoms with van der Waals surface area (Å²) in [6.45, 7) is 2.16. The monoisotopic (exact) mass is 341 g/mol. The van der Waals surface area contributed by atoms with Crippen molar-refractivity contribution in [3.8, 4) is 0 Å². The van der Waals surface area contributed by atoms with Crippen molar-refractivity contribution in [2.24, 2.45) is 0 Å². The molecule has 2 aromatic rings. The van der Waals surface area contributed by atoms with E-state index in [4.69, 9.17) is 0 Å². The molecule has 0 aliphatic rings. The van der Waals surface area contributed by atoms with Gasteiger partial charge in [-0.25, -0.2) is 4.39 Å². The van der Waals surface area contributed by atoms with Gasteiger partial charge in [-0.05, 0) is 59.2 Å². The number of likely N-dealkylation sites (N-methyl/N-ethyl adjacent to an activating group) is 1. The summed E-state index contributed by atoms with van der Waals surface area (Å²) < 4.78 is 14.1. The van der Waals surface area contributed by atoms with E-state index in [1.807, 2.05) is 24.5 Å². The highest BCUT2D eigenvalue weighted by atomic mass is 79.9. The standard InChI is InChI=1S/C15H17BrFNS/c1-3-11-5-6-12(19-11)9-15(18-2)10-4-7-13(16)14(17)8-10/h4-8,15,18H,3,9H2,1-2H3. The van der Waals surface area contributed by atoms with Crippen molar-refractivity contribution in [3.63, 3.8) is 0 Å². The van der Waals surface area contributed by atoms with Crippen LogP contribution in [0.1, 0.15) is 28.3 Å². The van der Waals surface area contributed by atoms with Gasteiger partial charge in [-0.1, -0.05) is 13.0 Å². The Morgan fingerprint density at radius 3 is 2.58 bits per heavy atom. The largest absolute Gasteiger partial charge is 0.313 e. The van der Waals surface area contributed by atoms with Crippen LogP contribution >= 0.6 is 27.3 Å². The topological polar surface area (TPSA) is 12.0 Å². The Bertz CT molecular complexity index is 553. The lowest BCUT2D eigenvalue weighted by atomic mass is 10.0. The molecule has 0 aliphatic heterocycles. The molecule has 0 fully saturated rings. The Morgan fingerprint density at radius 2 is 2.00 bits per heavy atom. The molecule has 0 aliphatic carbocycles. The molecule has 19 heavy (non-hydrogen) atoms. The second-order valence-electron chi connectivity index (χ2n) is 4.44. The number of rotatable bonds is 5. The van der Waals surface area contributed by atoms with Crippen LogP contribution in [0.4, 0.5) is 4.39 Å². The van der Waals surface area contributed by atoms with Gasteiger partial charge in [-0.3, -0.25) is 0 Å². The van der Waals surface area contributed by atoms with E-state index in [1.165, 1.54) is 9.75 Å². The highest BCUT2D eigenvalue weighted by molar-refractivity contribution is 9.10. The van der Waals surface area contributed by atoms with Gasteiger partial charge in [0.05, 0.1) is 4.47 Å². The SMILES string of the molecule is CCc1ccc(CC(NC)c2ccc(Br)c(F)c2)s1. The molecule has 1 heterocycles. The van der Waals surface area contributed by atoms with Crippen molar-refractivity contribution < 1.29 is 4.39 Å². The molecule has 1 aromatic carbocycles. The van der Waals surface area contributed by atoms with Gasteiger partial charge in [0, 0.05) is 22.2 Å². The summed E-state index contributed by atoms with van der Waals surface area (Å²) in [5, 5.41) is 3.27. The molecular formula is C15H17BrFNS. The van der Waals surface area contributed by atoms with E-state index in [0.29, 0.717) is 4.47 Å². The first-order valence-corrected chi connectivity index (χ1v) is 7.94. The van der Waals surface area contributed by atoms with E-state index >= 15 is 0 Å². The first-order valence-electron chi connectivity index (χ1n) is 6.33. The third-order valence-electron chi connectivity index (χ3n) is 3.17. The summed E-state index contributed by atoms with van der Waals surface area (Å²) >= 11 is 5.02. The number of aryl methyl sites for hydroxylation is 1. The van der Waals surface area contributed by atoms with E-state index in [0.717, 1.165) is 18.4 Å². The molecule has 0 spiro atoms. The molecule has 1 aromatic heterocycles. The van der Waals surface area contributed by atoms with E-state index < -0.39 is 0 Å². The quantitative estimate of drug-likeness (QED) is 0.829. The molecule has 102 valence electrons. The number of hydrogen-bond donors (Lipinski definition) is 1. The lowest BCUT2D eigenvalue weighted by Crippen LogP contribution is -2.18. The summed E-state index contributed by atoms with van der Waals surface area (Å²) in [6, 6.07) is 9.81. The van der Waals surface area contributed by atoms with Gasteiger partial charge in [0.25, 0.3) is 0 Å². The van der Waals surface area contributed by atoms with Crippen molar-refractivity contribution in [1.29, 1.82) is 0 Å². The Kier molecular flexibility index (Phi) is 5.13. The second-order valence-corrected chi connectivity index (χ2v) is 6.55. The van der Waals surface area contributed by atoms with E-state index in [9.17, 15) is 4.39 Å². The van der Waals surface area contributed by atoms with Gasteiger partial charge in [-0.15, -0.1) is 11.3 Å². The van der Waals surface area contributed by atoms with E-state index in [2.05, 4.69) is 40.3 Å². The molecule has 0 bridgehead atoms. The Balaban J connectivity index is 2.17. The number of benzene rings is 1. The van der Waals surface area contributed by atoms with E-state index in [-0.39, 0.29) is 11.9 Å². The fourth-order valence-electron chi connectivity index (χ4n) is 2.04. The maximum atomic E-state index is 13.6. The summed E-state index contributed by atoms with van der Waals surface area (Å²) in [5.74, 6) is -0.210. The zero-order valence-electron chi connectivity index (χ0n) is 11.0. The van der Waals surface area contributed by atoms with Gasteiger partial charge < -0.3 is 5.32 Å². The fourth-order valence-corrected chi connectivity index (χ4v) is 3.29. The molecule has 0 amide bonds. The average molecular weight is 342 g/mol. The number of hydrogen-bond acceptors (Lipinski definition) is 2. The molecule has 0 saturated heterocycles. The summed E-state index contributed by atoms with van der Waals surface area (Å²) in [5.41, 5.74) is 0.981. The second kappa shape index (κ2) is 6.64. The number of nitrogens with one attached hydrogen (secondary N) is 1. The molecule has 1 atom stereocenters. The molecule has 0 radical (unpaired) electrons. The van der Waals surface area contributed by atoms with Crippen LogP contribution in [-0.2, 0) is 12.8 Å². The van der Waals surface area contributed by atoms with Crippen LogP contribution in [0, 0.1) is 5.82 Å². The van der Waals surface area contributed by atoms with Crippen LogP contribution in [0.3, 0.4) is 0 Å². The molecule has 1 unspecified atom stereocenters. The van der Waals surface area contributed by atoms with Crippen LogP contribution in [-0.4, -0.2) is 7.05 Å². The lowest BCUT2D eigenvalue weighted by molar-refractivity contribution is 0.578. The Morgan fingerprint density at radius 1 is 1.26 bits per heavy atom. The van der Waals surface area contributed by atoms with Crippen molar-refractivity contribution >= 4 is 27.3 Å². The maximum absolute atomic E-state index is 13.6. The smallest absolute Gasteiger partial charge is 0.137 e. The molecule has 0 saturated carbocycles. The first-order chi connectivity index (χ1) is 9.13. The minimum absolute atomic E-state index is 0.144. The Labute approximate surface area is 126 Å². The number of thiophene rings is 1. The molecule has 2 rings (SSSR count). The summed E-state index contributed by atoms with van der Waals surface area (Å²) in [6.07, 6.45) is 1.96. The normalized spacial score (nSPS) is 12.6. The fraction of sp³-hybridized carbons (Fsp3) is 0.333. The first kappa shape index (κ1) is 14.7. The predicted molar refractivity (Wildman–Crippen MR) is 83.3 cm³/mol.